The highest BCUT2D eigenvalue weighted by molar-refractivity contribution is 7.85. The maximum atomic E-state index is 12.5. The van der Waals surface area contributed by atoms with Gasteiger partial charge >= 0.3 is 6.18 Å². The minimum atomic E-state index is -4.37. The molecule has 0 saturated heterocycles. The molecule has 0 radical (unpaired) electrons. The molecule has 0 aromatic heterocycles. The first kappa shape index (κ1) is 29.4. The molecule has 2 heterocycles. The van der Waals surface area contributed by atoms with E-state index in [4.69, 9.17) is 4.55 Å². The molecule has 1 amide bonds. The number of fused-ring (bicyclic) bond motifs is 1. The van der Waals surface area contributed by atoms with Crippen LogP contribution in [-0.2, 0) is 10.1 Å². The minimum absolute atomic E-state index is 0.0666. The van der Waals surface area contributed by atoms with Gasteiger partial charge in [-0.2, -0.15) is 26.6 Å². The Bertz CT molecular complexity index is 1460. The fourth-order valence-corrected chi connectivity index (χ4v) is 3.69. The zero-order valence-electron chi connectivity index (χ0n) is 21.0. The number of alkyl halides is 3. The lowest BCUT2D eigenvalue weighted by Gasteiger charge is -2.14. The summed E-state index contributed by atoms with van der Waals surface area (Å²) in [6, 6.07) is 14.2. The first-order valence-corrected chi connectivity index (χ1v) is 13.1. The highest BCUT2D eigenvalue weighted by atomic mass is 32.2. The number of hydrogen-bond donors (Lipinski definition) is 5. The van der Waals surface area contributed by atoms with Crippen molar-refractivity contribution in [1.29, 1.82) is 0 Å². The normalized spacial score (nSPS) is 11.4. The van der Waals surface area contributed by atoms with Crippen molar-refractivity contribution in [3.8, 4) is 11.4 Å². The lowest BCUT2D eigenvalue weighted by atomic mass is 10.2. The summed E-state index contributed by atoms with van der Waals surface area (Å²) in [5.41, 5.74) is 2.54. The first-order chi connectivity index (χ1) is 18.4. The van der Waals surface area contributed by atoms with Gasteiger partial charge in [0.25, 0.3) is 16.0 Å². The average molecular weight is 565 g/mol. The summed E-state index contributed by atoms with van der Waals surface area (Å²) in [6.07, 6.45) is -2.04. The number of anilines is 3. The van der Waals surface area contributed by atoms with Crippen molar-refractivity contribution in [2.24, 2.45) is 0 Å². The lowest BCUT2D eigenvalue weighted by Crippen LogP contribution is -2.23. The third kappa shape index (κ3) is 8.97. The number of carbonyl (C=O) groups excluding carboxylic acids is 1. The Morgan fingerprint density at radius 2 is 1.72 bits per heavy atom. The van der Waals surface area contributed by atoms with Crippen LogP contribution in [0.3, 0.4) is 0 Å². The monoisotopic (exact) mass is 564 g/mol. The number of aromatic amines is 1. The molecule has 2 aliphatic heterocycles. The summed E-state index contributed by atoms with van der Waals surface area (Å²) in [4.78, 5) is 23.0. The summed E-state index contributed by atoms with van der Waals surface area (Å²) in [5, 5.41) is 8.05. The van der Waals surface area contributed by atoms with Gasteiger partial charge in [-0.3, -0.25) is 9.35 Å². The Morgan fingerprint density at radius 3 is 2.31 bits per heavy atom. The van der Waals surface area contributed by atoms with Gasteiger partial charge in [0.05, 0.1) is 10.5 Å². The number of aromatic nitrogens is 3. The predicted molar refractivity (Wildman–Crippen MR) is 141 cm³/mol. The predicted octanol–water partition coefficient (Wildman–Crippen LogP) is 5.01. The van der Waals surface area contributed by atoms with E-state index in [9.17, 15) is 26.4 Å². The smallest absolute Gasteiger partial charge is 0.360 e. The second kappa shape index (κ2) is 12.6. The Labute approximate surface area is 223 Å². The number of nitrogens with zero attached hydrogens (tertiary/aromatic N) is 2. The SMILES string of the molecule is CCCNC(=O)c1ccc(Nc2nc(NCC(F)(F)F)c3ccnc-3[nH]2)cc1.Cc1ccc(S(=O)(=O)O)cc1. The standard InChI is InChI=1S/C18H19F3N6O.C7H8O3S/c1-2-8-23-16(28)11-3-5-12(6-4-11)25-17-26-14-13(7-9-22-14)15(27-17)24-10-18(19,20)21;1-6-2-4-7(5-3-6)11(8,9)10/h3-7,9H,2,8,10H2,1H3,(H,23,28)(H3,22,24,25,26,27);2-5H,1H3,(H,8,9,10). The molecule has 4 rings (SSSR count). The molecule has 39 heavy (non-hydrogen) atoms. The van der Waals surface area contributed by atoms with Crippen LogP contribution in [0.15, 0.2) is 65.7 Å². The third-order valence-corrected chi connectivity index (χ3v) is 6.00. The Kier molecular flexibility index (Phi) is 9.48. The van der Waals surface area contributed by atoms with E-state index in [-0.39, 0.29) is 22.6 Å². The van der Waals surface area contributed by atoms with Gasteiger partial charge in [-0.1, -0.05) is 24.6 Å². The molecule has 0 unspecified atom stereocenters. The number of H-pyrrole nitrogens is 1. The van der Waals surface area contributed by atoms with Gasteiger partial charge in [0.1, 0.15) is 18.2 Å². The van der Waals surface area contributed by atoms with Crippen molar-refractivity contribution in [1.82, 2.24) is 20.3 Å². The number of aryl methyl sites for hydroxylation is 1. The Balaban J connectivity index is 0.000000320. The molecule has 14 heteroatoms. The molecule has 208 valence electrons. The fraction of sp³-hybridized carbons (Fsp3) is 0.240. The average Bonchev–Trinajstić information content (AvgIpc) is 3.35. The van der Waals surface area contributed by atoms with Gasteiger partial charge in [-0.15, -0.1) is 0 Å². The molecule has 5 N–H and O–H groups in total. The van der Waals surface area contributed by atoms with Crippen molar-refractivity contribution in [2.75, 3.05) is 23.7 Å². The highest BCUT2D eigenvalue weighted by Crippen LogP contribution is 2.29. The van der Waals surface area contributed by atoms with E-state index >= 15 is 0 Å². The topological polar surface area (TPSA) is 149 Å². The summed E-state index contributed by atoms with van der Waals surface area (Å²) in [6.45, 7) is 3.20. The van der Waals surface area contributed by atoms with Gasteiger partial charge in [-0.05, 0) is 55.8 Å². The largest absolute Gasteiger partial charge is 0.405 e. The maximum Gasteiger partial charge on any atom is 0.405 e. The zero-order chi connectivity index (χ0) is 28.6. The van der Waals surface area contributed by atoms with Gasteiger partial charge in [0.2, 0.25) is 5.95 Å². The van der Waals surface area contributed by atoms with E-state index in [1.807, 2.05) is 13.8 Å². The molecule has 0 saturated carbocycles. The molecular formula is C25H27F3N6O4S. The van der Waals surface area contributed by atoms with Crippen molar-refractivity contribution in [3.05, 3.63) is 71.9 Å². The Hall–Kier alpha value is -4.17. The number of benzene rings is 2. The van der Waals surface area contributed by atoms with E-state index in [0.717, 1.165) is 12.0 Å². The van der Waals surface area contributed by atoms with Crippen LogP contribution in [0, 0.1) is 6.92 Å². The van der Waals surface area contributed by atoms with Crippen LogP contribution >= 0.6 is 0 Å². The van der Waals surface area contributed by atoms with Crippen LogP contribution < -0.4 is 16.0 Å². The summed E-state index contributed by atoms with van der Waals surface area (Å²) in [5.74, 6) is 0.526. The summed E-state index contributed by atoms with van der Waals surface area (Å²) >= 11 is 0. The molecule has 10 nitrogen and oxygen atoms in total. The van der Waals surface area contributed by atoms with Gasteiger partial charge < -0.3 is 20.9 Å². The molecule has 2 aromatic rings. The van der Waals surface area contributed by atoms with Crippen molar-refractivity contribution < 1.29 is 30.9 Å². The molecule has 0 aliphatic carbocycles. The third-order valence-electron chi connectivity index (χ3n) is 5.14. The van der Waals surface area contributed by atoms with Crippen molar-refractivity contribution >= 4 is 33.5 Å². The van der Waals surface area contributed by atoms with E-state index in [2.05, 4.69) is 30.9 Å². The molecule has 0 spiro atoms. The zero-order valence-corrected chi connectivity index (χ0v) is 21.8. The molecule has 0 fully saturated rings. The fourth-order valence-electron chi connectivity index (χ4n) is 3.21. The van der Waals surface area contributed by atoms with E-state index < -0.39 is 22.8 Å². The second-order valence-corrected chi connectivity index (χ2v) is 9.78. The van der Waals surface area contributed by atoms with E-state index in [1.54, 1.807) is 42.5 Å². The van der Waals surface area contributed by atoms with Gasteiger partial charge in [0.15, 0.2) is 0 Å². The maximum absolute atomic E-state index is 12.5. The first-order valence-electron chi connectivity index (χ1n) is 11.7. The van der Waals surface area contributed by atoms with Crippen molar-refractivity contribution in [3.63, 3.8) is 0 Å². The molecule has 2 aromatic carbocycles. The molecule has 2 aliphatic rings. The van der Waals surface area contributed by atoms with Gasteiger partial charge in [-0.25, -0.2) is 4.98 Å². The lowest BCUT2D eigenvalue weighted by molar-refractivity contribution is -0.115. The van der Waals surface area contributed by atoms with Crippen LogP contribution in [0.25, 0.3) is 11.4 Å². The number of rotatable bonds is 8. The van der Waals surface area contributed by atoms with Crippen LogP contribution in [0.5, 0.6) is 0 Å². The molecule has 0 atom stereocenters. The van der Waals surface area contributed by atoms with Crippen LogP contribution in [0.4, 0.5) is 30.6 Å². The molecular weight excluding hydrogens is 537 g/mol. The number of hydrogen-bond acceptors (Lipinski definition) is 7. The summed E-state index contributed by atoms with van der Waals surface area (Å²) < 4.78 is 67.2. The highest BCUT2D eigenvalue weighted by Gasteiger charge is 2.28. The number of nitrogens with one attached hydrogen (secondary N) is 4. The van der Waals surface area contributed by atoms with Crippen molar-refractivity contribution in [2.45, 2.75) is 31.3 Å². The number of halogens is 3. The summed E-state index contributed by atoms with van der Waals surface area (Å²) in [7, 11) is -4.02. The van der Waals surface area contributed by atoms with Crippen LogP contribution in [-0.4, -0.2) is 53.1 Å². The van der Waals surface area contributed by atoms with Crippen LogP contribution in [0.2, 0.25) is 0 Å². The van der Waals surface area contributed by atoms with E-state index in [1.165, 1.54) is 18.3 Å². The number of carbonyl (C=O) groups is 1. The second-order valence-electron chi connectivity index (χ2n) is 8.36. The van der Waals surface area contributed by atoms with Crippen LogP contribution in [0.1, 0.15) is 29.3 Å². The van der Waals surface area contributed by atoms with Gasteiger partial charge in [0, 0.05) is 24.0 Å². The minimum Gasteiger partial charge on any atom is -0.360 e. The molecule has 0 bridgehead atoms. The Morgan fingerprint density at radius 1 is 1.05 bits per heavy atom. The number of amides is 1. The quantitative estimate of drug-likeness (QED) is 0.188. The van der Waals surface area contributed by atoms with E-state index in [0.29, 0.717) is 29.2 Å².